The molecule has 1 saturated heterocycles. The van der Waals surface area contributed by atoms with Crippen LogP contribution in [0.5, 0.6) is 0 Å². The minimum absolute atomic E-state index is 0.0217. The minimum Gasteiger partial charge on any atom is -0.349 e. The highest BCUT2D eigenvalue weighted by Gasteiger charge is 2.35. The van der Waals surface area contributed by atoms with Crippen LogP contribution in [0.25, 0.3) is 16.9 Å². The maximum absolute atomic E-state index is 13.7. The van der Waals surface area contributed by atoms with E-state index in [0.717, 1.165) is 37.6 Å². The van der Waals surface area contributed by atoms with Gasteiger partial charge in [0.2, 0.25) is 0 Å². The van der Waals surface area contributed by atoms with Crippen LogP contribution in [0.15, 0.2) is 36.4 Å². The van der Waals surface area contributed by atoms with Gasteiger partial charge in [-0.2, -0.15) is 18.3 Å². The SMILES string of the molecule is CCN1CCCC1CNC(=O)c1cc2nc(-c3ccc(C)cc3)cc(C(F)(F)F)n2n1. The van der Waals surface area contributed by atoms with E-state index in [2.05, 4.69) is 27.2 Å². The van der Waals surface area contributed by atoms with Gasteiger partial charge in [0.1, 0.15) is 0 Å². The van der Waals surface area contributed by atoms with Gasteiger partial charge in [-0.25, -0.2) is 9.50 Å². The van der Waals surface area contributed by atoms with Crippen LogP contribution in [0, 0.1) is 6.92 Å². The molecule has 1 aromatic carbocycles. The molecular weight excluding hydrogens is 407 g/mol. The predicted molar refractivity (Wildman–Crippen MR) is 111 cm³/mol. The number of carbonyl (C=O) groups excluding carboxylic acids is 1. The molecule has 2 aromatic heterocycles. The second-order valence-electron chi connectivity index (χ2n) is 7.82. The summed E-state index contributed by atoms with van der Waals surface area (Å²) < 4.78 is 41.9. The van der Waals surface area contributed by atoms with Gasteiger partial charge in [-0.15, -0.1) is 0 Å². The number of hydrogen-bond donors (Lipinski definition) is 1. The lowest BCUT2D eigenvalue weighted by molar-refractivity contribution is -0.142. The van der Waals surface area contributed by atoms with Crippen molar-refractivity contribution in [1.29, 1.82) is 0 Å². The number of fused-ring (bicyclic) bond motifs is 1. The van der Waals surface area contributed by atoms with E-state index in [1.807, 2.05) is 19.1 Å². The highest BCUT2D eigenvalue weighted by molar-refractivity contribution is 5.93. The van der Waals surface area contributed by atoms with Crippen LogP contribution in [-0.2, 0) is 6.18 Å². The summed E-state index contributed by atoms with van der Waals surface area (Å²) in [7, 11) is 0. The van der Waals surface area contributed by atoms with E-state index in [9.17, 15) is 18.0 Å². The third-order valence-corrected chi connectivity index (χ3v) is 5.70. The van der Waals surface area contributed by atoms with Crippen molar-refractivity contribution in [3.05, 3.63) is 53.3 Å². The third kappa shape index (κ3) is 4.41. The first-order valence-corrected chi connectivity index (χ1v) is 10.3. The summed E-state index contributed by atoms with van der Waals surface area (Å²) in [5, 5.41) is 6.73. The summed E-state index contributed by atoms with van der Waals surface area (Å²) in [5.74, 6) is -0.501. The summed E-state index contributed by atoms with van der Waals surface area (Å²) in [5.41, 5.74) is 0.655. The van der Waals surface area contributed by atoms with Gasteiger partial charge in [0.15, 0.2) is 17.0 Å². The van der Waals surface area contributed by atoms with Crippen LogP contribution in [0.4, 0.5) is 13.2 Å². The van der Waals surface area contributed by atoms with E-state index < -0.39 is 17.8 Å². The average Bonchev–Trinajstić information content (AvgIpc) is 3.37. The van der Waals surface area contributed by atoms with Gasteiger partial charge in [0.25, 0.3) is 5.91 Å². The number of amides is 1. The number of likely N-dealkylation sites (N-methyl/N-ethyl adjacent to an activating group) is 1. The monoisotopic (exact) mass is 431 g/mol. The molecule has 1 amide bonds. The highest BCUT2D eigenvalue weighted by atomic mass is 19.4. The Bertz CT molecular complexity index is 1090. The fraction of sp³-hybridized carbons (Fsp3) is 0.409. The largest absolute Gasteiger partial charge is 0.433 e. The van der Waals surface area contributed by atoms with E-state index in [1.54, 1.807) is 12.1 Å². The van der Waals surface area contributed by atoms with Gasteiger partial charge in [-0.05, 0) is 38.9 Å². The molecule has 31 heavy (non-hydrogen) atoms. The number of hydrogen-bond acceptors (Lipinski definition) is 4. The Morgan fingerprint density at radius 1 is 1.23 bits per heavy atom. The first kappa shape index (κ1) is 21.3. The van der Waals surface area contributed by atoms with Crippen LogP contribution < -0.4 is 5.32 Å². The van der Waals surface area contributed by atoms with Gasteiger partial charge >= 0.3 is 6.18 Å². The number of alkyl halides is 3. The maximum atomic E-state index is 13.7. The van der Waals surface area contributed by atoms with Crippen molar-refractivity contribution in [2.24, 2.45) is 0 Å². The quantitative estimate of drug-likeness (QED) is 0.665. The van der Waals surface area contributed by atoms with Crippen LogP contribution in [-0.4, -0.2) is 51.1 Å². The Balaban J connectivity index is 1.65. The fourth-order valence-electron chi connectivity index (χ4n) is 4.00. The third-order valence-electron chi connectivity index (χ3n) is 5.70. The molecule has 0 saturated carbocycles. The Morgan fingerprint density at radius 2 is 1.97 bits per heavy atom. The van der Waals surface area contributed by atoms with Gasteiger partial charge < -0.3 is 5.32 Å². The second-order valence-corrected chi connectivity index (χ2v) is 7.82. The Morgan fingerprint density at radius 3 is 2.65 bits per heavy atom. The molecule has 3 heterocycles. The van der Waals surface area contributed by atoms with Crippen LogP contribution in [0.2, 0.25) is 0 Å². The molecule has 6 nitrogen and oxygen atoms in total. The number of nitrogens with one attached hydrogen (secondary N) is 1. The first-order chi connectivity index (χ1) is 14.8. The summed E-state index contributed by atoms with van der Waals surface area (Å²) >= 11 is 0. The van der Waals surface area contributed by atoms with E-state index in [1.165, 1.54) is 6.07 Å². The smallest absolute Gasteiger partial charge is 0.349 e. The van der Waals surface area contributed by atoms with Crippen LogP contribution >= 0.6 is 0 Å². The number of aromatic nitrogens is 3. The molecule has 0 spiro atoms. The molecule has 9 heteroatoms. The first-order valence-electron chi connectivity index (χ1n) is 10.3. The molecule has 0 radical (unpaired) electrons. The Hall–Kier alpha value is -2.94. The molecule has 0 aliphatic carbocycles. The number of likely N-dealkylation sites (tertiary alicyclic amines) is 1. The summed E-state index contributed by atoms with van der Waals surface area (Å²) in [4.78, 5) is 19.2. The molecule has 1 aliphatic rings. The molecule has 1 atom stereocenters. The Kier molecular flexibility index (Phi) is 5.70. The maximum Gasteiger partial charge on any atom is 0.433 e. The zero-order valence-corrected chi connectivity index (χ0v) is 17.4. The topological polar surface area (TPSA) is 62.5 Å². The predicted octanol–water partition coefficient (Wildman–Crippen LogP) is 3.94. The standard InChI is InChI=1S/C22H24F3N5O/c1-3-29-10-4-5-16(29)13-26-21(31)18-12-20-27-17(15-8-6-14(2)7-9-15)11-19(22(23,24)25)30(20)28-18/h6-9,11-12,16H,3-5,10,13H2,1-2H3,(H,26,31). The van der Waals surface area contributed by atoms with Gasteiger partial charge in [-0.1, -0.05) is 36.8 Å². The number of halogens is 3. The summed E-state index contributed by atoms with van der Waals surface area (Å²) in [6, 6.07) is 9.57. The lowest BCUT2D eigenvalue weighted by Gasteiger charge is -2.22. The van der Waals surface area contributed by atoms with Crippen molar-refractivity contribution < 1.29 is 18.0 Å². The van der Waals surface area contributed by atoms with Crippen molar-refractivity contribution in [3.8, 4) is 11.3 Å². The van der Waals surface area contributed by atoms with Crippen LogP contribution in [0.3, 0.4) is 0 Å². The molecule has 164 valence electrons. The normalized spacial score (nSPS) is 17.4. The number of carbonyl (C=O) groups is 1. The van der Waals surface area contributed by atoms with E-state index in [-0.39, 0.29) is 23.1 Å². The lowest BCUT2D eigenvalue weighted by Crippen LogP contribution is -2.40. The zero-order chi connectivity index (χ0) is 22.2. The van der Waals surface area contributed by atoms with Crippen molar-refractivity contribution >= 4 is 11.6 Å². The molecule has 3 aromatic rings. The summed E-state index contributed by atoms with van der Waals surface area (Å²) in [6.45, 7) is 6.29. The van der Waals surface area contributed by atoms with E-state index in [4.69, 9.17) is 0 Å². The average molecular weight is 431 g/mol. The van der Waals surface area contributed by atoms with E-state index >= 15 is 0 Å². The zero-order valence-electron chi connectivity index (χ0n) is 17.4. The van der Waals surface area contributed by atoms with Crippen molar-refractivity contribution in [2.75, 3.05) is 19.6 Å². The molecule has 1 unspecified atom stereocenters. The summed E-state index contributed by atoms with van der Waals surface area (Å²) in [6.07, 6.45) is -2.59. The fourth-order valence-corrected chi connectivity index (χ4v) is 4.00. The van der Waals surface area contributed by atoms with Crippen molar-refractivity contribution in [3.63, 3.8) is 0 Å². The molecular formula is C22H24F3N5O. The lowest BCUT2D eigenvalue weighted by atomic mass is 10.1. The van der Waals surface area contributed by atoms with Crippen molar-refractivity contribution in [1.82, 2.24) is 24.8 Å². The molecule has 1 N–H and O–H groups in total. The minimum atomic E-state index is -4.65. The van der Waals surface area contributed by atoms with E-state index in [0.29, 0.717) is 16.6 Å². The van der Waals surface area contributed by atoms with Crippen molar-refractivity contribution in [2.45, 2.75) is 38.9 Å². The highest BCUT2D eigenvalue weighted by Crippen LogP contribution is 2.32. The van der Waals surface area contributed by atoms with Crippen LogP contribution in [0.1, 0.15) is 41.5 Å². The second kappa shape index (κ2) is 8.30. The number of aryl methyl sites for hydroxylation is 1. The van der Waals surface area contributed by atoms with Gasteiger partial charge in [0.05, 0.1) is 5.69 Å². The Labute approximate surface area is 178 Å². The molecule has 1 fully saturated rings. The van der Waals surface area contributed by atoms with Gasteiger partial charge in [-0.3, -0.25) is 9.69 Å². The number of rotatable bonds is 5. The molecule has 1 aliphatic heterocycles. The number of nitrogens with zero attached hydrogens (tertiary/aromatic N) is 4. The molecule has 0 bridgehead atoms. The number of benzene rings is 1. The molecule has 4 rings (SSSR count). The van der Waals surface area contributed by atoms with Gasteiger partial charge in [0, 0.05) is 24.2 Å².